The largest absolute Gasteiger partial charge is 0.463 e. The quantitative estimate of drug-likeness (QED) is 0.537. The SMILES string of the molecule is Cc1nn(C(C)C)c(C)c1NC(=O)c1cc2occc2n1Cc1ccccc1. The highest BCUT2D eigenvalue weighted by Gasteiger charge is 2.21. The summed E-state index contributed by atoms with van der Waals surface area (Å²) in [7, 11) is 0. The number of hydrogen-bond donors (Lipinski definition) is 1. The first-order valence-electron chi connectivity index (χ1n) is 9.43. The minimum absolute atomic E-state index is 0.170. The molecule has 3 aromatic heterocycles. The van der Waals surface area contributed by atoms with Crippen LogP contribution in [0.25, 0.3) is 11.1 Å². The van der Waals surface area contributed by atoms with Crippen molar-refractivity contribution in [1.82, 2.24) is 14.3 Å². The van der Waals surface area contributed by atoms with Gasteiger partial charge >= 0.3 is 0 Å². The zero-order valence-electron chi connectivity index (χ0n) is 16.6. The molecule has 28 heavy (non-hydrogen) atoms. The summed E-state index contributed by atoms with van der Waals surface area (Å²) in [6.45, 7) is 8.63. The normalized spacial score (nSPS) is 11.5. The van der Waals surface area contributed by atoms with E-state index in [9.17, 15) is 4.79 Å². The van der Waals surface area contributed by atoms with E-state index >= 15 is 0 Å². The highest BCUT2D eigenvalue weighted by molar-refractivity contribution is 6.06. The summed E-state index contributed by atoms with van der Waals surface area (Å²) >= 11 is 0. The average molecular weight is 376 g/mol. The number of aryl methyl sites for hydroxylation is 1. The van der Waals surface area contributed by atoms with Crippen molar-refractivity contribution in [3.05, 3.63) is 71.4 Å². The first-order chi connectivity index (χ1) is 13.5. The summed E-state index contributed by atoms with van der Waals surface area (Å²) in [5.74, 6) is -0.170. The smallest absolute Gasteiger partial charge is 0.272 e. The molecule has 0 radical (unpaired) electrons. The number of carbonyl (C=O) groups excluding carboxylic acids is 1. The lowest BCUT2D eigenvalue weighted by atomic mass is 10.2. The van der Waals surface area contributed by atoms with Crippen LogP contribution in [-0.4, -0.2) is 20.3 Å². The van der Waals surface area contributed by atoms with Crippen molar-refractivity contribution < 1.29 is 9.21 Å². The number of benzene rings is 1. The lowest BCUT2D eigenvalue weighted by molar-refractivity contribution is 0.101. The number of nitrogens with zero attached hydrogens (tertiary/aromatic N) is 3. The van der Waals surface area contributed by atoms with Gasteiger partial charge < -0.3 is 14.3 Å². The molecule has 1 aromatic carbocycles. The Morgan fingerprint density at radius 2 is 1.93 bits per heavy atom. The van der Waals surface area contributed by atoms with E-state index in [0.717, 1.165) is 28.2 Å². The van der Waals surface area contributed by atoms with Crippen molar-refractivity contribution in [1.29, 1.82) is 0 Å². The van der Waals surface area contributed by atoms with Crippen LogP contribution in [0.15, 0.2) is 53.1 Å². The van der Waals surface area contributed by atoms with Crippen molar-refractivity contribution in [3.63, 3.8) is 0 Å². The van der Waals surface area contributed by atoms with Crippen molar-refractivity contribution in [2.75, 3.05) is 5.32 Å². The van der Waals surface area contributed by atoms with Gasteiger partial charge in [-0.2, -0.15) is 5.10 Å². The van der Waals surface area contributed by atoms with Crippen molar-refractivity contribution in [3.8, 4) is 0 Å². The number of rotatable bonds is 5. The molecule has 0 aliphatic rings. The van der Waals surface area contributed by atoms with Gasteiger partial charge in [-0.1, -0.05) is 30.3 Å². The molecule has 0 saturated heterocycles. The Kier molecular flexibility index (Phi) is 4.55. The minimum Gasteiger partial charge on any atom is -0.463 e. The van der Waals surface area contributed by atoms with Crippen molar-refractivity contribution in [2.24, 2.45) is 0 Å². The molecule has 6 heteroatoms. The fourth-order valence-electron chi connectivity index (χ4n) is 3.63. The summed E-state index contributed by atoms with van der Waals surface area (Å²) in [5, 5.41) is 7.62. The summed E-state index contributed by atoms with van der Waals surface area (Å²) in [6.07, 6.45) is 1.65. The molecule has 0 aliphatic heterocycles. The molecule has 0 aliphatic carbocycles. The first kappa shape index (κ1) is 18.1. The summed E-state index contributed by atoms with van der Waals surface area (Å²) in [5.41, 5.74) is 5.81. The molecule has 0 saturated carbocycles. The number of nitrogens with one attached hydrogen (secondary N) is 1. The monoisotopic (exact) mass is 376 g/mol. The molecule has 0 unspecified atom stereocenters. The highest BCUT2D eigenvalue weighted by atomic mass is 16.3. The van der Waals surface area contributed by atoms with E-state index < -0.39 is 0 Å². The third kappa shape index (κ3) is 3.11. The Morgan fingerprint density at radius 3 is 2.61 bits per heavy atom. The summed E-state index contributed by atoms with van der Waals surface area (Å²) in [4.78, 5) is 13.2. The van der Waals surface area contributed by atoms with E-state index in [-0.39, 0.29) is 11.9 Å². The number of furan rings is 1. The van der Waals surface area contributed by atoms with E-state index in [1.54, 1.807) is 12.3 Å². The van der Waals surface area contributed by atoms with Crippen LogP contribution in [0.5, 0.6) is 0 Å². The molecular weight excluding hydrogens is 352 g/mol. The number of aromatic nitrogens is 3. The predicted molar refractivity (Wildman–Crippen MR) is 110 cm³/mol. The van der Waals surface area contributed by atoms with E-state index in [0.29, 0.717) is 17.8 Å². The van der Waals surface area contributed by atoms with Crippen LogP contribution in [0.1, 0.15) is 47.3 Å². The van der Waals surface area contributed by atoms with Gasteiger partial charge in [0.1, 0.15) is 5.69 Å². The Morgan fingerprint density at radius 1 is 1.18 bits per heavy atom. The van der Waals surface area contributed by atoms with Crippen LogP contribution in [0.2, 0.25) is 0 Å². The van der Waals surface area contributed by atoms with Crippen LogP contribution in [0.3, 0.4) is 0 Å². The molecule has 1 N–H and O–H groups in total. The van der Waals surface area contributed by atoms with Crippen LogP contribution >= 0.6 is 0 Å². The average Bonchev–Trinajstić information content (AvgIpc) is 3.33. The molecule has 4 aromatic rings. The van der Waals surface area contributed by atoms with Crippen LogP contribution in [0.4, 0.5) is 5.69 Å². The summed E-state index contributed by atoms with van der Waals surface area (Å²) in [6, 6.07) is 14.0. The van der Waals surface area contributed by atoms with E-state index in [4.69, 9.17) is 4.42 Å². The van der Waals surface area contributed by atoms with Gasteiger partial charge in [-0.05, 0) is 33.3 Å². The number of amides is 1. The molecule has 0 spiro atoms. The second-order valence-electron chi connectivity index (χ2n) is 7.31. The predicted octanol–water partition coefficient (Wildman–Crippen LogP) is 4.93. The zero-order valence-corrected chi connectivity index (χ0v) is 16.6. The summed E-state index contributed by atoms with van der Waals surface area (Å²) < 4.78 is 9.46. The Labute approximate surface area is 163 Å². The molecule has 1 amide bonds. The maximum Gasteiger partial charge on any atom is 0.272 e. The standard InChI is InChI=1S/C22H24N4O2/c1-14(2)26-16(4)21(15(3)24-26)23-22(27)19-12-20-18(10-11-28-20)25(19)13-17-8-6-5-7-9-17/h5-12,14H,13H2,1-4H3,(H,23,27). The van der Waals surface area contributed by atoms with Gasteiger partial charge in [0.15, 0.2) is 5.58 Å². The lowest BCUT2D eigenvalue weighted by Crippen LogP contribution is -2.18. The topological polar surface area (TPSA) is 65.0 Å². The first-order valence-corrected chi connectivity index (χ1v) is 9.43. The van der Waals surface area contributed by atoms with Gasteiger partial charge in [-0.15, -0.1) is 0 Å². The van der Waals surface area contributed by atoms with Crippen LogP contribution in [-0.2, 0) is 6.54 Å². The number of anilines is 1. The number of carbonyl (C=O) groups is 1. The van der Waals surface area contributed by atoms with Crippen LogP contribution < -0.4 is 5.32 Å². The van der Waals surface area contributed by atoms with Gasteiger partial charge in [0, 0.05) is 24.7 Å². The molecule has 0 fully saturated rings. The fraction of sp³-hybridized carbons (Fsp3) is 0.273. The third-order valence-corrected chi connectivity index (χ3v) is 4.99. The van der Waals surface area contributed by atoms with E-state index in [2.05, 4.69) is 36.4 Å². The van der Waals surface area contributed by atoms with Gasteiger partial charge in [0.05, 0.1) is 28.9 Å². The Hall–Kier alpha value is -3.28. The Balaban J connectivity index is 1.70. The van der Waals surface area contributed by atoms with Gasteiger partial charge in [0.25, 0.3) is 5.91 Å². The molecule has 4 rings (SSSR count). The fourth-order valence-corrected chi connectivity index (χ4v) is 3.63. The van der Waals surface area contributed by atoms with E-state index in [1.807, 2.05) is 47.4 Å². The zero-order chi connectivity index (χ0) is 19.8. The molecule has 3 heterocycles. The van der Waals surface area contributed by atoms with Gasteiger partial charge in [0.2, 0.25) is 0 Å². The minimum atomic E-state index is -0.170. The molecule has 6 nitrogen and oxygen atoms in total. The van der Waals surface area contributed by atoms with Gasteiger partial charge in [-0.25, -0.2) is 0 Å². The molecule has 0 atom stereocenters. The second-order valence-corrected chi connectivity index (χ2v) is 7.31. The maximum absolute atomic E-state index is 13.2. The van der Waals surface area contributed by atoms with Gasteiger partial charge in [-0.3, -0.25) is 9.48 Å². The Bertz CT molecular complexity index is 1130. The highest BCUT2D eigenvalue weighted by Crippen LogP contribution is 2.26. The number of fused-ring (bicyclic) bond motifs is 1. The van der Waals surface area contributed by atoms with Crippen molar-refractivity contribution in [2.45, 2.75) is 40.3 Å². The molecular formula is C22H24N4O2. The second kappa shape index (κ2) is 7.03. The van der Waals surface area contributed by atoms with Crippen molar-refractivity contribution >= 4 is 22.7 Å². The molecule has 144 valence electrons. The third-order valence-electron chi connectivity index (χ3n) is 4.99. The van der Waals surface area contributed by atoms with Crippen LogP contribution in [0, 0.1) is 13.8 Å². The number of hydrogen-bond acceptors (Lipinski definition) is 3. The molecule has 0 bridgehead atoms. The maximum atomic E-state index is 13.2. The van der Waals surface area contributed by atoms with E-state index in [1.165, 1.54) is 0 Å². The lowest BCUT2D eigenvalue weighted by Gasteiger charge is -2.12.